The van der Waals surface area contributed by atoms with Gasteiger partial charge in [-0.25, -0.2) is 0 Å². The van der Waals surface area contributed by atoms with E-state index >= 15 is 0 Å². The van der Waals surface area contributed by atoms with E-state index in [-0.39, 0.29) is 0 Å². The van der Waals surface area contributed by atoms with Gasteiger partial charge in [0.15, 0.2) is 0 Å². The molecule has 0 spiro atoms. The molecule has 0 bridgehead atoms. The minimum Gasteiger partial charge on any atom is -0.172 e. The van der Waals surface area contributed by atoms with Gasteiger partial charge in [0, 0.05) is 0 Å². The van der Waals surface area contributed by atoms with Crippen molar-refractivity contribution in [1.29, 1.82) is 0 Å². The van der Waals surface area contributed by atoms with E-state index in [1.165, 1.54) is 5.56 Å². The summed E-state index contributed by atoms with van der Waals surface area (Å²) in [6.45, 7) is 0. The molecule has 82 valence electrons. The molecule has 0 saturated heterocycles. The largest absolute Gasteiger partial charge is 0.172 e. The van der Waals surface area contributed by atoms with Crippen LogP contribution in [0, 0.1) is 0 Å². The second-order valence-corrected chi connectivity index (χ2v) is 3.06. The van der Waals surface area contributed by atoms with Crippen molar-refractivity contribution in [2.24, 2.45) is 15.4 Å². The van der Waals surface area contributed by atoms with Gasteiger partial charge in [-0.05, 0) is 23.3 Å². The number of hydrogen-bond donors (Lipinski definition) is 0. The van der Waals surface area contributed by atoms with Crippen LogP contribution in [0.2, 0.25) is 0 Å². The van der Waals surface area contributed by atoms with E-state index < -0.39 is 0 Å². The van der Waals surface area contributed by atoms with Gasteiger partial charge in [0.1, 0.15) is 0 Å². The second-order valence-electron chi connectivity index (χ2n) is 3.06. The highest BCUT2D eigenvalue weighted by molar-refractivity contribution is 5.71. The fourth-order valence-corrected chi connectivity index (χ4v) is 1.13. The first-order chi connectivity index (χ1) is 7.93. The van der Waals surface area contributed by atoms with E-state index in [0.29, 0.717) is 0 Å². The Balaban J connectivity index is 2.28. The molecule has 0 heterocycles. The zero-order chi connectivity index (χ0) is 11.5. The average molecular weight is 213 g/mol. The maximum Gasteiger partial charge on any atom is 0.0513 e. The summed E-state index contributed by atoms with van der Waals surface area (Å²) in [7, 11) is 1.58. The van der Waals surface area contributed by atoms with Crippen molar-refractivity contribution in [3.05, 3.63) is 60.2 Å². The highest BCUT2D eigenvalue weighted by Gasteiger charge is 1.83. The summed E-state index contributed by atoms with van der Waals surface area (Å²) >= 11 is 0. The molecule has 0 radical (unpaired) electrons. The average Bonchev–Trinajstić information content (AvgIpc) is 2.34. The van der Waals surface area contributed by atoms with Gasteiger partial charge in [-0.2, -0.15) is 5.11 Å². The maximum absolute atomic E-state index is 3.66. The lowest BCUT2D eigenvalue weighted by Gasteiger charge is -1.92. The van der Waals surface area contributed by atoms with Crippen LogP contribution in [0.15, 0.2) is 70.1 Å². The lowest BCUT2D eigenvalue weighted by Crippen LogP contribution is -1.77. The summed E-state index contributed by atoms with van der Waals surface area (Å²) in [5.74, 6) is 0. The number of hydrogen-bond acceptors (Lipinski definition) is 2. The number of nitrogens with zero attached hydrogens (tertiary/aromatic N) is 3. The Morgan fingerprint density at radius 2 is 1.88 bits per heavy atom. The molecule has 16 heavy (non-hydrogen) atoms. The molecule has 0 aliphatic rings. The first-order valence-electron chi connectivity index (χ1n) is 5.11. The van der Waals surface area contributed by atoms with E-state index in [2.05, 4.69) is 33.6 Å². The predicted molar refractivity (Wildman–Crippen MR) is 67.7 cm³/mol. The van der Waals surface area contributed by atoms with Crippen LogP contribution in [0.4, 0.5) is 0 Å². The van der Waals surface area contributed by atoms with E-state index in [9.17, 15) is 0 Å². The molecule has 0 fully saturated rings. The molecule has 3 nitrogen and oxygen atoms in total. The molecule has 0 amide bonds. The standard InChI is InChI=1S/C13H15N3/c1-14-16-15-12-8-3-2-5-9-13-10-6-4-7-11-13/h2-8,10-12H,9H2,1H3/b5-2+,8-3+,15-12+,16-14+. The molecular weight excluding hydrogens is 198 g/mol. The predicted octanol–water partition coefficient (Wildman–Crippen LogP) is 3.41. The maximum atomic E-state index is 3.66. The molecule has 1 rings (SSSR count). The van der Waals surface area contributed by atoms with Gasteiger partial charge < -0.3 is 0 Å². The summed E-state index contributed by atoms with van der Waals surface area (Å²) in [4.78, 5) is 0. The summed E-state index contributed by atoms with van der Waals surface area (Å²) < 4.78 is 0. The van der Waals surface area contributed by atoms with Gasteiger partial charge in [0.25, 0.3) is 0 Å². The Labute approximate surface area is 95.9 Å². The SMILES string of the molecule is C/N=N/N=C/C=C/C=C/Cc1ccccc1. The van der Waals surface area contributed by atoms with Crippen molar-refractivity contribution < 1.29 is 0 Å². The van der Waals surface area contributed by atoms with Crippen molar-refractivity contribution in [2.75, 3.05) is 7.05 Å². The van der Waals surface area contributed by atoms with Crippen LogP contribution in [0.25, 0.3) is 0 Å². The van der Waals surface area contributed by atoms with Crippen LogP contribution in [0.5, 0.6) is 0 Å². The van der Waals surface area contributed by atoms with Gasteiger partial charge in [-0.3, -0.25) is 0 Å². The molecule has 1 aromatic rings. The van der Waals surface area contributed by atoms with E-state index in [1.807, 2.05) is 36.4 Å². The van der Waals surface area contributed by atoms with E-state index in [1.54, 1.807) is 13.3 Å². The van der Waals surface area contributed by atoms with Crippen molar-refractivity contribution in [3.63, 3.8) is 0 Å². The lowest BCUT2D eigenvalue weighted by molar-refractivity contribution is 1.03. The molecule has 0 aliphatic heterocycles. The Hall–Kier alpha value is -2.03. The fourth-order valence-electron chi connectivity index (χ4n) is 1.13. The Morgan fingerprint density at radius 1 is 1.06 bits per heavy atom. The molecule has 1 aromatic carbocycles. The van der Waals surface area contributed by atoms with Crippen molar-refractivity contribution in [3.8, 4) is 0 Å². The third kappa shape index (κ3) is 5.65. The molecule has 0 aromatic heterocycles. The normalized spacial score (nSPS) is 12.6. The Bertz CT molecular complexity index is 389. The zero-order valence-electron chi connectivity index (χ0n) is 9.32. The highest BCUT2D eigenvalue weighted by atomic mass is 15.3. The second kappa shape index (κ2) is 8.29. The monoisotopic (exact) mass is 213 g/mol. The number of allylic oxidation sites excluding steroid dienone is 4. The molecule has 0 unspecified atom stereocenters. The number of rotatable bonds is 5. The van der Waals surface area contributed by atoms with Crippen molar-refractivity contribution >= 4 is 6.21 Å². The fraction of sp³-hybridized carbons (Fsp3) is 0.154. The van der Waals surface area contributed by atoms with E-state index in [0.717, 1.165) is 6.42 Å². The third-order valence-corrected chi connectivity index (χ3v) is 1.85. The van der Waals surface area contributed by atoms with Crippen LogP contribution >= 0.6 is 0 Å². The topological polar surface area (TPSA) is 37.1 Å². The molecule has 0 atom stereocenters. The summed E-state index contributed by atoms with van der Waals surface area (Å²) in [5.41, 5.74) is 1.31. The van der Waals surface area contributed by atoms with Gasteiger partial charge in [-0.15, -0.1) is 5.10 Å². The lowest BCUT2D eigenvalue weighted by atomic mass is 10.1. The van der Waals surface area contributed by atoms with Gasteiger partial charge >= 0.3 is 0 Å². The van der Waals surface area contributed by atoms with Crippen molar-refractivity contribution in [2.45, 2.75) is 6.42 Å². The quantitative estimate of drug-likeness (QED) is 0.311. The van der Waals surface area contributed by atoms with Gasteiger partial charge in [0.05, 0.1) is 13.3 Å². The summed E-state index contributed by atoms with van der Waals surface area (Å²) in [6.07, 6.45) is 10.4. The van der Waals surface area contributed by atoms with Crippen LogP contribution in [-0.4, -0.2) is 13.3 Å². The third-order valence-electron chi connectivity index (χ3n) is 1.85. The molecular formula is C13H15N3. The summed E-state index contributed by atoms with van der Waals surface area (Å²) in [6, 6.07) is 10.3. The Morgan fingerprint density at radius 3 is 2.62 bits per heavy atom. The van der Waals surface area contributed by atoms with Gasteiger partial charge in [-0.1, -0.05) is 48.6 Å². The van der Waals surface area contributed by atoms with Crippen molar-refractivity contribution in [1.82, 2.24) is 0 Å². The number of benzene rings is 1. The first kappa shape index (κ1) is 12.0. The van der Waals surface area contributed by atoms with Crippen LogP contribution < -0.4 is 0 Å². The first-order valence-corrected chi connectivity index (χ1v) is 5.11. The van der Waals surface area contributed by atoms with Crippen LogP contribution in [0.3, 0.4) is 0 Å². The van der Waals surface area contributed by atoms with E-state index in [4.69, 9.17) is 0 Å². The zero-order valence-corrected chi connectivity index (χ0v) is 9.32. The minimum absolute atomic E-state index is 0.941. The minimum atomic E-state index is 0.941. The smallest absolute Gasteiger partial charge is 0.0513 e. The highest BCUT2D eigenvalue weighted by Crippen LogP contribution is 1.99. The van der Waals surface area contributed by atoms with Gasteiger partial charge in [0.2, 0.25) is 0 Å². The Kier molecular flexibility index (Phi) is 6.24. The molecule has 3 heteroatoms. The molecule has 0 aliphatic carbocycles. The van der Waals surface area contributed by atoms with Crippen LogP contribution in [-0.2, 0) is 6.42 Å². The summed E-state index contributed by atoms with van der Waals surface area (Å²) in [5, 5.41) is 10.6. The molecule has 0 N–H and O–H groups in total. The van der Waals surface area contributed by atoms with Crippen LogP contribution in [0.1, 0.15) is 5.56 Å². The molecule has 0 saturated carbocycles.